The Bertz CT molecular complexity index is 420. The molecule has 2 heteroatoms. The maximum atomic E-state index is 3.76. The van der Waals surface area contributed by atoms with Crippen molar-refractivity contribution >= 4 is 11.8 Å². The molecule has 1 aliphatic carbocycles. The molecule has 0 spiro atoms. The summed E-state index contributed by atoms with van der Waals surface area (Å²) in [4.78, 5) is 0. The molecule has 106 valence electrons. The first-order chi connectivity index (χ1) is 9.10. The van der Waals surface area contributed by atoms with Gasteiger partial charge in [0, 0.05) is 17.8 Å². The lowest BCUT2D eigenvalue weighted by molar-refractivity contribution is 0.378. The Kier molecular flexibility index (Phi) is 5.35. The van der Waals surface area contributed by atoms with Gasteiger partial charge in [-0.2, -0.15) is 11.8 Å². The molecule has 19 heavy (non-hydrogen) atoms. The lowest BCUT2D eigenvalue weighted by Crippen LogP contribution is -2.33. The third-order valence-corrected chi connectivity index (χ3v) is 5.68. The standard InChI is InChI=1S/C17H27NS/c1-12-9-14(3)15(10-13(12)2)11-18-16-5-7-17(19-4)8-6-16/h9-10,16-18H,5-8,11H2,1-4H3. The van der Waals surface area contributed by atoms with Crippen LogP contribution in [0.25, 0.3) is 0 Å². The van der Waals surface area contributed by atoms with Crippen LogP contribution < -0.4 is 5.32 Å². The zero-order valence-corrected chi connectivity index (χ0v) is 13.6. The molecule has 1 aromatic carbocycles. The Morgan fingerprint density at radius 3 is 2.26 bits per heavy atom. The zero-order chi connectivity index (χ0) is 13.8. The molecule has 0 heterocycles. The van der Waals surface area contributed by atoms with Crippen molar-refractivity contribution in [3.05, 3.63) is 34.4 Å². The summed E-state index contributed by atoms with van der Waals surface area (Å²) >= 11 is 2.04. The van der Waals surface area contributed by atoms with Crippen molar-refractivity contribution < 1.29 is 0 Å². The Morgan fingerprint density at radius 2 is 1.63 bits per heavy atom. The van der Waals surface area contributed by atoms with Crippen molar-refractivity contribution in [2.75, 3.05) is 6.26 Å². The van der Waals surface area contributed by atoms with Gasteiger partial charge in [0.15, 0.2) is 0 Å². The fraction of sp³-hybridized carbons (Fsp3) is 0.647. The number of hydrogen-bond donors (Lipinski definition) is 1. The topological polar surface area (TPSA) is 12.0 Å². The summed E-state index contributed by atoms with van der Waals surface area (Å²) in [7, 11) is 0. The minimum Gasteiger partial charge on any atom is -0.310 e. The number of hydrogen-bond acceptors (Lipinski definition) is 2. The lowest BCUT2D eigenvalue weighted by atomic mass is 9.94. The molecule has 1 nitrogen and oxygen atoms in total. The van der Waals surface area contributed by atoms with E-state index in [9.17, 15) is 0 Å². The van der Waals surface area contributed by atoms with Gasteiger partial charge < -0.3 is 5.32 Å². The second-order valence-corrected chi connectivity index (χ2v) is 7.09. The lowest BCUT2D eigenvalue weighted by Gasteiger charge is -2.28. The molecule has 1 N–H and O–H groups in total. The van der Waals surface area contributed by atoms with Crippen LogP contribution in [0.2, 0.25) is 0 Å². The molecule has 0 unspecified atom stereocenters. The third kappa shape index (κ3) is 4.00. The molecule has 1 saturated carbocycles. The van der Waals surface area contributed by atoms with Gasteiger partial charge in [-0.05, 0) is 75.0 Å². The molecule has 0 aliphatic heterocycles. The van der Waals surface area contributed by atoms with Gasteiger partial charge in [0.2, 0.25) is 0 Å². The number of thioether (sulfide) groups is 1. The highest BCUT2D eigenvalue weighted by atomic mass is 32.2. The molecule has 1 aromatic rings. The minimum absolute atomic E-state index is 0.726. The molecule has 1 fully saturated rings. The SMILES string of the molecule is CSC1CCC(NCc2cc(C)c(C)cc2C)CC1. The van der Waals surface area contributed by atoms with Crippen LogP contribution in [-0.2, 0) is 6.54 Å². The van der Waals surface area contributed by atoms with Crippen LogP contribution in [0.15, 0.2) is 12.1 Å². The molecular weight excluding hydrogens is 250 g/mol. The summed E-state index contributed by atoms with van der Waals surface area (Å²) in [5, 5.41) is 4.66. The smallest absolute Gasteiger partial charge is 0.0210 e. The summed E-state index contributed by atoms with van der Waals surface area (Å²) in [6, 6.07) is 5.40. The van der Waals surface area contributed by atoms with Crippen LogP contribution in [0.5, 0.6) is 0 Å². The average molecular weight is 277 g/mol. The maximum Gasteiger partial charge on any atom is 0.0210 e. The van der Waals surface area contributed by atoms with Crippen LogP contribution in [0.3, 0.4) is 0 Å². The molecule has 1 aliphatic rings. The van der Waals surface area contributed by atoms with Crippen molar-refractivity contribution in [1.29, 1.82) is 0 Å². The van der Waals surface area contributed by atoms with Crippen LogP contribution in [0, 0.1) is 20.8 Å². The molecule has 0 bridgehead atoms. The Hall–Kier alpha value is -0.470. The van der Waals surface area contributed by atoms with E-state index in [2.05, 4.69) is 44.5 Å². The van der Waals surface area contributed by atoms with Gasteiger partial charge in [0.25, 0.3) is 0 Å². The van der Waals surface area contributed by atoms with Crippen molar-refractivity contribution in [3.63, 3.8) is 0 Å². The zero-order valence-electron chi connectivity index (χ0n) is 12.8. The monoisotopic (exact) mass is 277 g/mol. The quantitative estimate of drug-likeness (QED) is 0.876. The molecule has 0 radical (unpaired) electrons. The Labute approximate surface area is 122 Å². The van der Waals surface area contributed by atoms with E-state index in [1.807, 2.05) is 11.8 Å². The van der Waals surface area contributed by atoms with E-state index < -0.39 is 0 Å². The van der Waals surface area contributed by atoms with Gasteiger partial charge in [-0.3, -0.25) is 0 Å². The van der Waals surface area contributed by atoms with Crippen molar-refractivity contribution in [2.45, 2.75) is 64.3 Å². The molecule has 0 amide bonds. The fourth-order valence-electron chi connectivity index (χ4n) is 2.97. The van der Waals surface area contributed by atoms with Crippen LogP contribution in [0.1, 0.15) is 47.9 Å². The highest BCUT2D eigenvalue weighted by Gasteiger charge is 2.19. The summed E-state index contributed by atoms with van der Waals surface area (Å²) in [5.74, 6) is 0. The largest absolute Gasteiger partial charge is 0.310 e. The van der Waals surface area contributed by atoms with Crippen LogP contribution in [0.4, 0.5) is 0 Å². The van der Waals surface area contributed by atoms with E-state index in [0.717, 1.165) is 17.8 Å². The predicted octanol–water partition coefficient (Wildman–Crippen LogP) is 4.38. The van der Waals surface area contributed by atoms with E-state index in [4.69, 9.17) is 0 Å². The number of benzene rings is 1. The van der Waals surface area contributed by atoms with E-state index >= 15 is 0 Å². The second-order valence-electron chi connectivity index (χ2n) is 5.95. The molecule has 0 atom stereocenters. The van der Waals surface area contributed by atoms with E-state index in [-0.39, 0.29) is 0 Å². The van der Waals surface area contributed by atoms with Gasteiger partial charge in [0.05, 0.1) is 0 Å². The first kappa shape index (κ1) is 14.9. The van der Waals surface area contributed by atoms with Crippen molar-refractivity contribution in [3.8, 4) is 0 Å². The Balaban J connectivity index is 1.88. The molecule has 0 saturated heterocycles. The van der Waals surface area contributed by atoms with Gasteiger partial charge in [-0.15, -0.1) is 0 Å². The molecule has 2 rings (SSSR count). The molecular formula is C17H27NS. The van der Waals surface area contributed by atoms with Gasteiger partial charge in [-0.25, -0.2) is 0 Å². The number of aryl methyl sites for hydroxylation is 3. The predicted molar refractivity (Wildman–Crippen MR) is 87.1 cm³/mol. The Morgan fingerprint density at radius 1 is 1.00 bits per heavy atom. The number of rotatable bonds is 4. The summed E-state index contributed by atoms with van der Waals surface area (Å²) in [5.41, 5.74) is 5.71. The highest BCUT2D eigenvalue weighted by molar-refractivity contribution is 7.99. The maximum absolute atomic E-state index is 3.76. The van der Waals surface area contributed by atoms with Gasteiger partial charge in [-0.1, -0.05) is 12.1 Å². The van der Waals surface area contributed by atoms with E-state index in [1.165, 1.54) is 47.9 Å². The fourth-order valence-corrected chi connectivity index (χ4v) is 3.71. The van der Waals surface area contributed by atoms with Crippen molar-refractivity contribution in [1.82, 2.24) is 5.32 Å². The molecule has 0 aromatic heterocycles. The number of nitrogens with one attached hydrogen (secondary N) is 1. The first-order valence-corrected chi connectivity index (χ1v) is 8.72. The summed E-state index contributed by atoms with van der Waals surface area (Å²) in [6.45, 7) is 7.67. The summed E-state index contributed by atoms with van der Waals surface area (Å²) < 4.78 is 0. The van der Waals surface area contributed by atoms with E-state index in [1.54, 1.807) is 0 Å². The van der Waals surface area contributed by atoms with E-state index in [0.29, 0.717) is 0 Å². The average Bonchev–Trinajstić information content (AvgIpc) is 2.42. The normalized spacial score (nSPS) is 23.6. The van der Waals surface area contributed by atoms with Crippen molar-refractivity contribution in [2.24, 2.45) is 0 Å². The van der Waals surface area contributed by atoms with Crippen LogP contribution >= 0.6 is 11.8 Å². The summed E-state index contributed by atoms with van der Waals surface area (Å²) in [6.07, 6.45) is 7.69. The van der Waals surface area contributed by atoms with Gasteiger partial charge >= 0.3 is 0 Å². The van der Waals surface area contributed by atoms with Gasteiger partial charge in [0.1, 0.15) is 0 Å². The second kappa shape index (κ2) is 6.81. The minimum atomic E-state index is 0.726. The third-order valence-electron chi connectivity index (χ3n) is 4.54. The highest BCUT2D eigenvalue weighted by Crippen LogP contribution is 2.27. The first-order valence-electron chi connectivity index (χ1n) is 7.43. The van der Waals surface area contributed by atoms with Crippen LogP contribution in [-0.4, -0.2) is 17.5 Å².